The van der Waals surface area contributed by atoms with Crippen molar-refractivity contribution in [1.82, 2.24) is 10.3 Å². The predicted molar refractivity (Wildman–Crippen MR) is 63.9 cm³/mol. The molecule has 0 unspecified atom stereocenters. The van der Waals surface area contributed by atoms with Crippen molar-refractivity contribution >= 4 is 11.3 Å². The molecule has 0 spiro atoms. The van der Waals surface area contributed by atoms with Crippen LogP contribution in [0.15, 0.2) is 29.8 Å². The molecule has 0 aliphatic heterocycles. The van der Waals surface area contributed by atoms with Crippen LogP contribution in [0.4, 0.5) is 8.78 Å². The molecule has 0 aliphatic rings. The lowest BCUT2D eigenvalue weighted by atomic mass is 10.1. The average molecular weight is 254 g/mol. The van der Waals surface area contributed by atoms with Gasteiger partial charge in [-0.15, -0.1) is 11.3 Å². The molecular formula is C12H12F2N2S. The first-order valence-corrected chi connectivity index (χ1v) is 6.16. The van der Waals surface area contributed by atoms with Crippen LogP contribution in [0, 0.1) is 11.6 Å². The molecule has 0 radical (unpaired) electrons. The van der Waals surface area contributed by atoms with Crippen LogP contribution in [0.25, 0.3) is 0 Å². The highest BCUT2D eigenvalue weighted by molar-refractivity contribution is 7.09. The van der Waals surface area contributed by atoms with Crippen LogP contribution < -0.4 is 5.32 Å². The lowest BCUT2D eigenvalue weighted by molar-refractivity contribution is 0.577. The first-order chi connectivity index (χ1) is 8.24. The second-order valence-corrected chi connectivity index (χ2v) is 4.61. The topological polar surface area (TPSA) is 24.9 Å². The Hall–Kier alpha value is -1.33. The molecule has 2 nitrogen and oxygen atoms in total. The highest BCUT2D eigenvalue weighted by Gasteiger charge is 2.00. The summed E-state index contributed by atoms with van der Waals surface area (Å²) in [7, 11) is 0. The number of aromatic nitrogens is 1. The average Bonchev–Trinajstić information content (AvgIpc) is 2.76. The molecule has 1 aromatic carbocycles. The van der Waals surface area contributed by atoms with E-state index in [-0.39, 0.29) is 0 Å². The summed E-state index contributed by atoms with van der Waals surface area (Å²) in [5.41, 5.74) is 0.661. The number of benzene rings is 1. The van der Waals surface area contributed by atoms with Gasteiger partial charge in [0, 0.05) is 24.2 Å². The first-order valence-electron chi connectivity index (χ1n) is 5.28. The van der Waals surface area contributed by atoms with E-state index in [9.17, 15) is 8.78 Å². The van der Waals surface area contributed by atoms with E-state index < -0.39 is 11.6 Å². The number of halogens is 2. The van der Waals surface area contributed by atoms with Crippen LogP contribution in [0.3, 0.4) is 0 Å². The standard InChI is InChI=1S/C12H12F2N2S/c13-10-5-9(6-11(14)7-10)1-2-15-8-12-16-3-4-17-12/h3-7,15H,1-2,8H2. The summed E-state index contributed by atoms with van der Waals surface area (Å²) < 4.78 is 25.8. The first kappa shape index (κ1) is 12.1. The Balaban J connectivity index is 1.78. The van der Waals surface area contributed by atoms with Gasteiger partial charge in [-0.2, -0.15) is 0 Å². The number of rotatable bonds is 5. The minimum Gasteiger partial charge on any atom is -0.310 e. The van der Waals surface area contributed by atoms with E-state index in [0.29, 0.717) is 25.1 Å². The molecule has 17 heavy (non-hydrogen) atoms. The zero-order chi connectivity index (χ0) is 12.1. The fourth-order valence-corrected chi connectivity index (χ4v) is 2.11. The second kappa shape index (κ2) is 5.84. The molecule has 0 atom stereocenters. The maximum atomic E-state index is 12.9. The summed E-state index contributed by atoms with van der Waals surface area (Å²) >= 11 is 1.58. The van der Waals surface area contributed by atoms with Gasteiger partial charge in [-0.05, 0) is 30.7 Å². The Morgan fingerprint density at radius 1 is 1.18 bits per heavy atom. The lowest BCUT2D eigenvalue weighted by Gasteiger charge is -2.03. The Morgan fingerprint density at radius 2 is 1.94 bits per heavy atom. The molecule has 0 fully saturated rings. The minimum absolute atomic E-state index is 0.528. The van der Waals surface area contributed by atoms with E-state index >= 15 is 0 Å². The summed E-state index contributed by atoms with van der Waals surface area (Å²) in [4.78, 5) is 4.13. The molecule has 0 bridgehead atoms. The molecule has 5 heteroatoms. The van der Waals surface area contributed by atoms with Crippen LogP contribution >= 0.6 is 11.3 Å². The minimum atomic E-state index is -0.528. The van der Waals surface area contributed by atoms with Crippen LogP contribution in [-0.4, -0.2) is 11.5 Å². The molecule has 90 valence electrons. The molecule has 2 rings (SSSR count). The van der Waals surface area contributed by atoms with E-state index in [1.165, 1.54) is 12.1 Å². The maximum absolute atomic E-state index is 12.9. The molecule has 2 aromatic rings. The molecule has 1 heterocycles. The van der Waals surface area contributed by atoms with Gasteiger partial charge >= 0.3 is 0 Å². The number of hydrogen-bond donors (Lipinski definition) is 1. The van der Waals surface area contributed by atoms with E-state index in [4.69, 9.17) is 0 Å². The quantitative estimate of drug-likeness (QED) is 0.830. The zero-order valence-electron chi connectivity index (χ0n) is 9.12. The van der Waals surface area contributed by atoms with Crippen molar-refractivity contribution in [1.29, 1.82) is 0 Å². The van der Waals surface area contributed by atoms with Crippen molar-refractivity contribution in [3.63, 3.8) is 0 Å². The molecule has 0 aliphatic carbocycles. The molecule has 1 aromatic heterocycles. The summed E-state index contributed by atoms with van der Waals surface area (Å²) in [6.45, 7) is 1.36. The molecule has 1 N–H and O–H groups in total. The van der Waals surface area contributed by atoms with Gasteiger partial charge in [-0.3, -0.25) is 0 Å². The van der Waals surface area contributed by atoms with E-state index in [1.54, 1.807) is 17.5 Å². The van der Waals surface area contributed by atoms with Gasteiger partial charge < -0.3 is 5.32 Å². The molecule has 0 saturated heterocycles. The second-order valence-electron chi connectivity index (χ2n) is 3.63. The summed E-state index contributed by atoms with van der Waals surface area (Å²) in [5, 5.41) is 6.10. The van der Waals surface area contributed by atoms with Crippen molar-refractivity contribution in [3.8, 4) is 0 Å². The van der Waals surface area contributed by atoms with Crippen molar-refractivity contribution < 1.29 is 8.78 Å². The summed E-state index contributed by atoms with van der Waals surface area (Å²) in [5.74, 6) is -1.06. The summed E-state index contributed by atoms with van der Waals surface area (Å²) in [6, 6.07) is 3.59. The van der Waals surface area contributed by atoms with Crippen LogP contribution in [-0.2, 0) is 13.0 Å². The smallest absolute Gasteiger partial charge is 0.126 e. The van der Waals surface area contributed by atoms with Gasteiger partial charge in [0.05, 0.1) is 0 Å². The van der Waals surface area contributed by atoms with Crippen molar-refractivity contribution in [2.75, 3.05) is 6.54 Å². The Morgan fingerprint density at radius 3 is 2.59 bits per heavy atom. The van der Waals surface area contributed by atoms with Gasteiger partial charge in [0.25, 0.3) is 0 Å². The highest BCUT2D eigenvalue weighted by atomic mass is 32.1. The van der Waals surface area contributed by atoms with Crippen molar-refractivity contribution in [2.24, 2.45) is 0 Å². The van der Waals surface area contributed by atoms with Crippen molar-refractivity contribution in [2.45, 2.75) is 13.0 Å². The van der Waals surface area contributed by atoms with Gasteiger partial charge in [0.2, 0.25) is 0 Å². The fraction of sp³-hybridized carbons (Fsp3) is 0.250. The monoisotopic (exact) mass is 254 g/mol. The van der Waals surface area contributed by atoms with Crippen LogP contribution in [0.1, 0.15) is 10.6 Å². The third kappa shape index (κ3) is 3.87. The Bertz CT molecular complexity index is 451. The van der Waals surface area contributed by atoms with Crippen LogP contribution in [0.5, 0.6) is 0 Å². The van der Waals surface area contributed by atoms with E-state index in [2.05, 4.69) is 10.3 Å². The fourth-order valence-electron chi connectivity index (χ4n) is 1.52. The predicted octanol–water partition coefficient (Wildman–Crippen LogP) is 2.75. The number of nitrogens with zero attached hydrogens (tertiary/aromatic N) is 1. The zero-order valence-corrected chi connectivity index (χ0v) is 9.94. The number of hydrogen-bond acceptors (Lipinski definition) is 3. The maximum Gasteiger partial charge on any atom is 0.126 e. The van der Waals surface area contributed by atoms with Gasteiger partial charge in [0.15, 0.2) is 0 Å². The van der Waals surface area contributed by atoms with Gasteiger partial charge in [-0.25, -0.2) is 13.8 Å². The van der Waals surface area contributed by atoms with E-state index in [0.717, 1.165) is 11.1 Å². The molecular weight excluding hydrogens is 242 g/mol. The number of nitrogens with one attached hydrogen (secondary N) is 1. The largest absolute Gasteiger partial charge is 0.310 e. The Labute approximate surface area is 102 Å². The molecule has 0 amide bonds. The Kier molecular flexibility index (Phi) is 4.17. The SMILES string of the molecule is Fc1cc(F)cc(CCNCc2nccs2)c1. The van der Waals surface area contributed by atoms with Gasteiger partial charge in [0.1, 0.15) is 16.6 Å². The van der Waals surface area contributed by atoms with Gasteiger partial charge in [-0.1, -0.05) is 0 Å². The summed E-state index contributed by atoms with van der Waals surface area (Å²) in [6.07, 6.45) is 2.35. The third-order valence-corrected chi connectivity index (χ3v) is 3.05. The lowest BCUT2D eigenvalue weighted by Crippen LogP contribution is -2.16. The third-order valence-electron chi connectivity index (χ3n) is 2.27. The normalized spacial score (nSPS) is 10.7. The molecule has 0 saturated carbocycles. The van der Waals surface area contributed by atoms with Crippen LogP contribution in [0.2, 0.25) is 0 Å². The van der Waals surface area contributed by atoms with Crippen molar-refractivity contribution in [3.05, 3.63) is 52.0 Å². The highest BCUT2D eigenvalue weighted by Crippen LogP contribution is 2.08. The number of thiazole rings is 1. The van der Waals surface area contributed by atoms with E-state index in [1.807, 2.05) is 5.38 Å².